The molecule has 0 unspecified atom stereocenters. The summed E-state index contributed by atoms with van der Waals surface area (Å²) in [5.41, 5.74) is -0.616. The molecule has 0 aliphatic carbocycles. The Balaban J connectivity index is 2.34. The SMILES string of the molecule is CC1(O)CCN(c2cc(F)c(Br)cc2[N+](=O)[O-])CC1. The molecule has 19 heavy (non-hydrogen) atoms. The number of nitro benzene ring substituents is 1. The van der Waals surface area contributed by atoms with Gasteiger partial charge in [-0.25, -0.2) is 4.39 Å². The summed E-state index contributed by atoms with van der Waals surface area (Å²) in [4.78, 5) is 12.3. The minimum Gasteiger partial charge on any atom is -0.390 e. The maximum absolute atomic E-state index is 13.6. The van der Waals surface area contributed by atoms with Crippen LogP contribution in [0.2, 0.25) is 0 Å². The van der Waals surface area contributed by atoms with Crippen molar-refractivity contribution in [3.05, 3.63) is 32.5 Å². The Kier molecular flexibility index (Phi) is 3.78. The van der Waals surface area contributed by atoms with Crippen molar-refractivity contribution in [1.29, 1.82) is 0 Å². The highest BCUT2D eigenvalue weighted by molar-refractivity contribution is 9.10. The Bertz CT molecular complexity index is 512. The van der Waals surface area contributed by atoms with Gasteiger partial charge in [-0.2, -0.15) is 0 Å². The number of rotatable bonds is 2. The lowest BCUT2D eigenvalue weighted by molar-refractivity contribution is -0.384. The van der Waals surface area contributed by atoms with Crippen molar-refractivity contribution in [3.8, 4) is 0 Å². The number of nitro groups is 1. The fraction of sp³-hybridized carbons (Fsp3) is 0.500. The van der Waals surface area contributed by atoms with E-state index in [4.69, 9.17) is 0 Å². The minimum absolute atomic E-state index is 0.0759. The zero-order valence-electron chi connectivity index (χ0n) is 10.4. The predicted octanol–water partition coefficient (Wildman–Crippen LogP) is 2.85. The second kappa shape index (κ2) is 5.05. The normalized spacial score (nSPS) is 18.4. The van der Waals surface area contributed by atoms with Crippen molar-refractivity contribution >= 4 is 27.3 Å². The van der Waals surface area contributed by atoms with E-state index < -0.39 is 16.3 Å². The third-order valence-corrected chi connectivity index (χ3v) is 4.00. The zero-order valence-corrected chi connectivity index (χ0v) is 12.0. The Hall–Kier alpha value is -1.21. The van der Waals surface area contributed by atoms with Gasteiger partial charge in [-0.15, -0.1) is 0 Å². The van der Waals surface area contributed by atoms with Gasteiger partial charge in [-0.1, -0.05) is 0 Å². The van der Waals surface area contributed by atoms with E-state index in [2.05, 4.69) is 15.9 Å². The van der Waals surface area contributed by atoms with E-state index >= 15 is 0 Å². The van der Waals surface area contributed by atoms with Crippen molar-refractivity contribution in [2.24, 2.45) is 0 Å². The average molecular weight is 333 g/mol. The summed E-state index contributed by atoms with van der Waals surface area (Å²) in [5.74, 6) is -0.530. The van der Waals surface area contributed by atoms with Crippen molar-refractivity contribution in [1.82, 2.24) is 0 Å². The number of benzene rings is 1. The van der Waals surface area contributed by atoms with Gasteiger partial charge in [0.2, 0.25) is 0 Å². The molecule has 1 N–H and O–H groups in total. The third-order valence-electron chi connectivity index (χ3n) is 3.40. The smallest absolute Gasteiger partial charge is 0.293 e. The molecule has 0 aromatic heterocycles. The van der Waals surface area contributed by atoms with Crippen LogP contribution in [0, 0.1) is 15.9 Å². The van der Waals surface area contributed by atoms with E-state index in [0.717, 1.165) is 0 Å². The molecule has 1 saturated heterocycles. The first-order valence-electron chi connectivity index (χ1n) is 5.91. The molecule has 2 rings (SSSR count). The van der Waals surface area contributed by atoms with Gasteiger partial charge in [0.1, 0.15) is 11.5 Å². The lowest BCUT2D eigenvalue weighted by Gasteiger charge is -2.36. The van der Waals surface area contributed by atoms with Gasteiger partial charge in [0.15, 0.2) is 0 Å². The maximum atomic E-state index is 13.6. The van der Waals surface area contributed by atoms with Gasteiger partial charge >= 0.3 is 0 Å². The Morgan fingerprint density at radius 3 is 2.58 bits per heavy atom. The van der Waals surface area contributed by atoms with Crippen LogP contribution < -0.4 is 4.90 Å². The molecule has 1 aromatic carbocycles. The van der Waals surface area contributed by atoms with Crippen LogP contribution in [0.3, 0.4) is 0 Å². The second-order valence-corrected chi connectivity index (χ2v) is 5.85. The first kappa shape index (κ1) is 14.2. The lowest BCUT2D eigenvalue weighted by atomic mass is 9.93. The Morgan fingerprint density at radius 1 is 1.47 bits per heavy atom. The molecule has 1 aliphatic rings. The van der Waals surface area contributed by atoms with Gasteiger partial charge in [0.25, 0.3) is 5.69 Å². The average Bonchev–Trinajstić information content (AvgIpc) is 2.32. The van der Waals surface area contributed by atoms with Gasteiger partial charge in [0.05, 0.1) is 15.0 Å². The van der Waals surface area contributed by atoms with E-state index in [9.17, 15) is 19.6 Å². The van der Waals surface area contributed by atoms with Crippen LogP contribution >= 0.6 is 15.9 Å². The van der Waals surface area contributed by atoms with Crippen LogP contribution in [0.25, 0.3) is 0 Å². The number of anilines is 1. The van der Waals surface area contributed by atoms with Gasteiger partial charge < -0.3 is 10.0 Å². The molecule has 5 nitrogen and oxygen atoms in total. The van der Waals surface area contributed by atoms with E-state index in [1.165, 1.54) is 12.1 Å². The summed E-state index contributed by atoms with van der Waals surface area (Å²) >= 11 is 2.95. The van der Waals surface area contributed by atoms with Crippen LogP contribution in [0.1, 0.15) is 19.8 Å². The van der Waals surface area contributed by atoms with Crippen LogP contribution in [-0.4, -0.2) is 28.7 Å². The molecule has 0 spiro atoms. The van der Waals surface area contributed by atoms with Crippen LogP contribution in [0.15, 0.2) is 16.6 Å². The van der Waals surface area contributed by atoms with Crippen molar-refractivity contribution in [2.75, 3.05) is 18.0 Å². The van der Waals surface area contributed by atoms with Crippen LogP contribution in [0.5, 0.6) is 0 Å². The predicted molar refractivity (Wildman–Crippen MR) is 72.8 cm³/mol. The molecule has 0 saturated carbocycles. The molecular formula is C12H14BrFN2O3. The fourth-order valence-electron chi connectivity index (χ4n) is 2.15. The quantitative estimate of drug-likeness (QED) is 0.668. The molecule has 1 aromatic rings. The zero-order chi connectivity index (χ0) is 14.2. The van der Waals surface area contributed by atoms with Crippen molar-refractivity contribution < 1.29 is 14.4 Å². The van der Waals surface area contributed by atoms with Crippen molar-refractivity contribution in [2.45, 2.75) is 25.4 Å². The molecule has 0 bridgehead atoms. The summed E-state index contributed by atoms with van der Waals surface area (Å²) in [6, 6.07) is 2.35. The Morgan fingerprint density at radius 2 is 2.05 bits per heavy atom. The lowest BCUT2D eigenvalue weighted by Crippen LogP contribution is -2.42. The van der Waals surface area contributed by atoms with E-state index in [0.29, 0.717) is 25.9 Å². The van der Waals surface area contributed by atoms with Crippen LogP contribution in [0.4, 0.5) is 15.8 Å². The number of halogens is 2. The largest absolute Gasteiger partial charge is 0.390 e. The van der Waals surface area contributed by atoms with Crippen molar-refractivity contribution in [3.63, 3.8) is 0 Å². The Labute approximate surface area is 118 Å². The molecule has 0 radical (unpaired) electrons. The molecule has 0 atom stereocenters. The molecule has 0 amide bonds. The molecular weight excluding hydrogens is 319 g/mol. The second-order valence-electron chi connectivity index (χ2n) is 5.00. The number of hydrogen-bond acceptors (Lipinski definition) is 4. The monoisotopic (exact) mass is 332 g/mol. The van der Waals surface area contributed by atoms with Gasteiger partial charge in [-0.05, 0) is 35.7 Å². The molecule has 7 heteroatoms. The third kappa shape index (κ3) is 3.03. The molecule has 1 fully saturated rings. The highest BCUT2D eigenvalue weighted by Crippen LogP contribution is 2.35. The summed E-state index contributed by atoms with van der Waals surface area (Å²) < 4.78 is 13.7. The summed E-state index contributed by atoms with van der Waals surface area (Å²) in [5, 5.41) is 20.9. The number of hydrogen-bond donors (Lipinski definition) is 1. The molecule has 1 heterocycles. The first-order valence-corrected chi connectivity index (χ1v) is 6.70. The summed E-state index contributed by atoms with van der Waals surface area (Å²) in [6.45, 7) is 2.67. The number of aliphatic hydroxyl groups is 1. The van der Waals surface area contributed by atoms with E-state index in [1.807, 2.05) is 0 Å². The van der Waals surface area contributed by atoms with Crippen LogP contribution in [-0.2, 0) is 0 Å². The highest BCUT2D eigenvalue weighted by Gasteiger charge is 2.31. The fourth-order valence-corrected chi connectivity index (χ4v) is 2.49. The summed E-state index contributed by atoms with van der Waals surface area (Å²) in [6.07, 6.45) is 1.00. The van der Waals surface area contributed by atoms with Gasteiger partial charge in [-0.3, -0.25) is 10.1 Å². The topological polar surface area (TPSA) is 66.6 Å². The van der Waals surface area contributed by atoms with Gasteiger partial charge in [0, 0.05) is 25.2 Å². The molecule has 104 valence electrons. The standard InChI is InChI=1S/C12H14BrFN2O3/c1-12(17)2-4-15(5-3-12)10-7-9(14)8(13)6-11(10)16(18)19/h6-7,17H,2-5H2,1H3. The minimum atomic E-state index is -0.751. The first-order chi connectivity index (χ1) is 8.80. The maximum Gasteiger partial charge on any atom is 0.293 e. The summed E-state index contributed by atoms with van der Waals surface area (Å²) in [7, 11) is 0. The molecule has 1 aliphatic heterocycles. The number of nitrogens with zero attached hydrogens (tertiary/aromatic N) is 2. The highest BCUT2D eigenvalue weighted by atomic mass is 79.9. The van der Waals surface area contributed by atoms with E-state index in [1.54, 1.807) is 11.8 Å². The number of piperidine rings is 1. The van der Waals surface area contributed by atoms with E-state index in [-0.39, 0.29) is 15.8 Å².